The molecule has 0 fully saturated rings. The molecular formula is C17H22N6O2. The first kappa shape index (κ1) is 17.1. The van der Waals surface area contributed by atoms with Crippen molar-refractivity contribution in [1.29, 1.82) is 0 Å². The van der Waals surface area contributed by atoms with Gasteiger partial charge in [-0.15, -0.1) is 0 Å². The van der Waals surface area contributed by atoms with Crippen LogP contribution >= 0.6 is 0 Å². The molecule has 0 saturated carbocycles. The van der Waals surface area contributed by atoms with Gasteiger partial charge in [0.2, 0.25) is 0 Å². The first-order valence-electron chi connectivity index (χ1n) is 8.26. The van der Waals surface area contributed by atoms with Crippen LogP contribution in [-0.2, 0) is 6.42 Å². The number of hydrogen-bond donors (Lipinski definition) is 2. The summed E-state index contributed by atoms with van der Waals surface area (Å²) >= 11 is 0. The van der Waals surface area contributed by atoms with Crippen LogP contribution in [0.3, 0.4) is 0 Å². The summed E-state index contributed by atoms with van der Waals surface area (Å²) in [5.74, 6) is 1.000. The molecule has 0 aliphatic heterocycles. The van der Waals surface area contributed by atoms with Crippen molar-refractivity contribution in [3.63, 3.8) is 0 Å². The zero-order valence-electron chi connectivity index (χ0n) is 14.8. The maximum atomic E-state index is 12.3. The molecule has 0 aliphatic rings. The van der Waals surface area contributed by atoms with E-state index in [1.807, 2.05) is 27.8 Å². The van der Waals surface area contributed by atoms with E-state index in [9.17, 15) is 4.79 Å². The number of aromatic nitrogens is 5. The van der Waals surface area contributed by atoms with Gasteiger partial charge in [0, 0.05) is 35.5 Å². The zero-order chi connectivity index (χ0) is 18.0. The number of rotatable bonds is 6. The smallest absolute Gasteiger partial charge is 0.256 e. The van der Waals surface area contributed by atoms with Gasteiger partial charge in [-0.25, -0.2) is 4.68 Å². The third kappa shape index (κ3) is 3.69. The van der Waals surface area contributed by atoms with Gasteiger partial charge in [-0.3, -0.25) is 4.79 Å². The molecule has 0 aliphatic carbocycles. The summed E-state index contributed by atoms with van der Waals surface area (Å²) in [6, 6.07) is 2.24. The summed E-state index contributed by atoms with van der Waals surface area (Å²) in [6.45, 7) is 6.07. The third-order valence-corrected chi connectivity index (χ3v) is 3.99. The molecule has 0 saturated heterocycles. The number of aromatic amines is 1. The van der Waals surface area contributed by atoms with Crippen molar-refractivity contribution < 1.29 is 4.52 Å². The molecule has 0 aromatic carbocycles. The van der Waals surface area contributed by atoms with Crippen molar-refractivity contribution in [3.8, 4) is 0 Å². The molecule has 8 heteroatoms. The van der Waals surface area contributed by atoms with E-state index < -0.39 is 0 Å². The maximum Gasteiger partial charge on any atom is 0.256 e. The number of hydrogen-bond acceptors (Lipinski definition) is 6. The van der Waals surface area contributed by atoms with Crippen LogP contribution in [0.4, 0.5) is 0 Å². The second kappa shape index (κ2) is 7.02. The van der Waals surface area contributed by atoms with Gasteiger partial charge in [-0.05, 0) is 40.0 Å². The average molecular weight is 342 g/mol. The van der Waals surface area contributed by atoms with Gasteiger partial charge in [0.1, 0.15) is 5.65 Å². The molecule has 0 bridgehead atoms. The van der Waals surface area contributed by atoms with Crippen LogP contribution in [0.5, 0.6) is 0 Å². The van der Waals surface area contributed by atoms with Crippen LogP contribution in [0.15, 0.2) is 21.6 Å². The van der Waals surface area contributed by atoms with E-state index in [4.69, 9.17) is 4.52 Å². The van der Waals surface area contributed by atoms with Crippen LogP contribution in [0.2, 0.25) is 0 Å². The molecular weight excluding hydrogens is 320 g/mol. The van der Waals surface area contributed by atoms with Crippen LogP contribution in [0.25, 0.3) is 23.2 Å². The van der Waals surface area contributed by atoms with Gasteiger partial charge >= 0.3 is 0 Å². The van der Waals surface area contributed by atoms with Gasteiger partial charge in [0.15, 0.2) is 5.82 Å². The van der Waals surface area contributed by atoms with Crippen LogP contribution in [0, 0.1) is 0 Å². The molecule has 3 aromatic heterocycles. The first-order valence-corrected chi connectivity index (χ1v) is 8.26. The second-order valence-electron chi connectivity index (χ2n) is 6.32. The Morgan fingerprint density at radius 2 is 2.16 bits per heavy atom. The first-order chi connectivity index (χ1) is 12.0. The molecule has 8 nitrogen and oxygen atoms in total. The normalized spacial score (nSPS) is 13.3. The van der Waals surface area contributed by atoms with Gasteiger partial charge in [-0.1, -0.05) is 5.16 Å². The van der Waals surface area contributed by atoms with Gasteiger partial charge in [0.25, 0.3) is 11.4 Å². The van der Waals surface area contributed by atoms with Crippen molar-refractivity contribution in [2.24, 2.45) is 0 Å². The Morgan fingerprint density at radius 1 is 1.36 bits per heavy atom. The lowest BCUT2D eigenvalue weighted by Gasteiger charge is -2.06. The lowest BCUT2D eigenvalue weighted by Crippen LogP contribution is -2.24. The summed E-state index contributed by atoms with van der Waals surface area (Å²) in [5, 5.41) is 12.2. The molecule has 3 rings (SSSR count). The fourth-order valence-corrected chi connectivity index (χ4v) is 2.49. The molecule has 3 aromatic rings. The standard InChI is InChI=1S/C17H22N6O2/c1-10(2)23-16-13(9-19-23)8-12(17(24)21-16)5-6-15-20-14(22-25-15)7-11(3)18-4/h5-6,8-11,18H,7H2,1-4H3,(H,21,24)/b6-5+. The van der Waals surface area contributed by atoms with Gasteiger partial charge in [-0.2, -0.15) is 10.1 Å². The Hall–Kier alpha value is -2.74. The highest BCUT2D eigenvalue weighted by Gasteiger charge is 2.10. The summed E-state index contributed by atoms with van der Waals surface area (Å²) in [7, 11) is 1.88. The Kier molecular flexibility index (Phi) is 4.80. The second-order valence-corrected chi connectivity index (χ2v) is 6.32. The molecule has 0 radical (unpaired) electrons. The quantitative estimate of drug-likeness (QED) is 0.710. The van der Waals surface area contributed by atoms with Gasteiger partial charge in [0.05, 0.1) is 6.20 Å². The zero-order valence-corrected chi connectivity index (χ0v) is 14.8. The predicted molar refractivity (Wildman–Crippen MR) is 96.2 cm³/mol. The Bertz CT molecular complexity index is 950. The molecule has 0 amide bonds. The monoisotopic (exact) mass is 342 g/mol. The van der Waals surface area contributed by atoms with Crippen LogP contribution in [-0.4, -0.2) is 38.0 Å². The average Bonchev–Trinajstić information content (AvgIpc) is 3.19. The van der Waals surface area contributed by atoms with E-state index in [-0.39, 0.29) is 17.6 Å². The van der Waals surface area contributed by atoms with Crippen molar-refractivity contribution in [1.82, 2.24) is 30.2 Å². The fourth-order valence-electron chi connectivity index (χ4n) is 2.49. The minimum absolute atomic E-state index is 0.173. The number of nitrogens with one attached hydrogen (secondary N) is 2. The minimum atomic E-state index is -0.185. The predicted octanol–water partition coefficient (Wildman–Crippen LogP) is 2.01. The van der Waals surface area contributed by atoms with Crippen molar-refractivity contribution in [2.75, 3.05) is 7.05 Å². The van der Waals surface area contributed by atoms with Crippen molar-refractivity contribution >= 4 is 23.2 Å². The van der Waals surface area contributed by atoms with Crippen molar-refractivity contribution in [3.05, 3.63) is 39.9 Å². The lowest BCUT2D eigenvalue weighted by molar-refractivity contribution is 0.400. The SMILES string of the molecule is CNC(C)Cc1noc(/C=C/c2cc3cnn(C(C)C)c3[nH]c2=O)n1. The summed E-state index contributed by atoms with van der Waals surface area (Å²) in [6.07, 6.45) is 5.73. The number of likely N-dealkylation sites (N-methyl/N-ethyl adjacent to an activating group) is 1. The summed E-state index contributed by atoms with van der Waals surface area (Å²) < 4.78 is 6.98. The van der Waals surface area contributed by atoms with E-state index in [2.05, 4.69) is 25.5 Å². The third-order valence-electron chi connectivity index (χ3n) is 3.99. The van der Waals surface area contributed by atoms with Crippen molar-refractivity contribution in [2.45, 2.75) is 39.3 Å². The molecule has 25 heavy (non-hydrogen) atoms. The van der Waals surface area contributed by atoms with E-state index in [0.29, 0.717) is 23.7 Å². The maximum absolute atomic E-state index is 12.3. The van der Waals surface area contributed by atoms with E-state index in [1.54, 1.807) is 29.1 Å². The Morgan fingerprint density at radius 3 is 2.88 bits per heavy atom. The van der Waals surface area contributed by atoms with Crippen LogP contribution < -0.4 is 10.9 Å². The molecule has 2 N–H and O–H groups in total. The highest BCUT2D eigenvalue weighted by atomic mass is 16.5. The minimum Gasteiger partial charge on any atom is -0.335 e. The van der Waals surface area contributed by atoms with E-state index >= 15 is 0 Å². The largest absolute Gasteiger partial charge is 0.335 e. The molecule has 0 spiro atoms. The molecule has 3 heterocycles. The molecule has 1 unspecified atom stereocenters. The summed E-state index contributed by atoms with van der Waals surface area (Å²) in [4.78, 5) is 19.5. The number of fused-ring (bicyclic) bond motifs is 1. The topological polar surface area (TPSA) is 102 Å². The summed E-state index contributed by atoms with van der Waals surface area (Å²) in [5.41, 5.74) is 1.05. The fraction of sp³-hybridized carbons (Fsp3) is 0.412. The Balaban J connectivity index is 1.84. The molecule has 1 atom stereocenters. The van der Waals surface area contributed by atoms with E-state index in [0.717, 1.165) is 11.0 Å². The number of nitrogens with zero attached hydrogens (tertiary/aromatic N) is 4. The lowest BCUT2D eigenvalue weighted by atomic mass is 10.2. The number of H-pyrrole nitrogens is 1. The Labute approximate surface area is 144 Å². The highest BCUT2D eigenvalue weighted by Crippen LogP contribution is 2.15. The number of pyridine rings is 1. The highest BCUT2D eigenvalue weighted by molar-refractivity contribution is 5.79. The van der Waals surface area contributed by atoms with Gasteiger partial charge < -0.3 is 14.8 Å². The van der Waals surface area contributed by atoms with Crippen LogP contribution in [0.1, 0.15) is 44.1 Å². The molecule has 132 valence electrons. The van der Waals surface area contributed by atoms with E-state index in [1.165, 1.54) is 0 Å².